The molecule has 0 aromatic carbocycles. The van der Waals surface area contributed by atoms with Gasteiger partial charge in [-0.1, -0.05) is 0 Å². The average Bonchev–Trinajstić information content (AvgIpc) is 2.31. The van der Waals surface area contributed by atoms with Crippen LogP contribution in [-0.4, -0.2) is 67.7 Å². The maximum absolute atomic E-state index is 10.5. The van der Waals surface area contributed by atoms with Gasteiger partial charge in [0.25, 0.3) is 7.82 Å². The van der Waals surface area contributed by atoms with E-state index in [4.69, 9.17) is 30.4 Å². The molecule has 0 saturated heterocycles. The smallest absolute Gasteiger partial charge is 0.790 e. The molecule has 0 heterocycles. The largest absolute Gasteiger partial charge is 1.00 e. The molecule has 0 bridgehead atoms. The number of aliphatic hydroxyl groups is 5. The Balaban J connectivity index is -0.0000000918. The maximum Gasteiger partial charge on any atom is 1.00 e. The number of hydrogen-bond donors (Lipinski definition) is 6. The van der Waals surface area contributed by atoms with E-state index >= 15 is 0 Å². The van der Waals surface area contributed by atoms with Crippen LogP contribution >= 0.6 is 15.6 Å². The van der Waals surface area contributed by atoms with Gasteiger partial charge in [0, 0.05) is 0 Å². The Morgan fingerprint density at radius 3 is 1.54 bits per heavy atom. The summed E-state index contributed by atoms with van der Waals surface area (Å²) in [4.78, 5) is 46.2. The maximum atomic E-state index is 10.5. The van der Waals surface area contributed by atoms with Crippen LogP contribution in [0.1, 0.15) is 0 Å². The Bertz CT molecular complexity index is 391. The first-order valence-corrected chi connectivity index (χ1v) is 7.76. The Morgan fingerprint density at radius 2 is 1.38 bits per heavy atom. The molecule has 0 amide bonds. The molecule has 4 unspecified atom stereocenters. The number of Topliss-reactive ketones (excluding diaryl/α,β-unsaturated/α-hetero) is 1. The first-order valence-electron chi connectivity index (χ1n) is 4.81. The SMILES string of the molecule is O=C(CO)C(O)C(O)C(O)CO.O=P([O-])([O-])OP(=O)([O-])O.[Na+].[Na+].[Na+]. The van der Waals surface area contributed by atoms with Crippen LogP contribution in [-0.2, 0) is 18.2 Å². The number of aliphatic hydroxyl groups excluding tert-OH is 5. The third-order valence-corrected chi connectivity index (χ3v) is 3.22. The predicted molar refractivity (Wildman–Crippen MR) is 55.7 cm³/mol. The van der Waals surface area contributed by atoms with Crippen molar-refractivity contribution in [3.63, 3.8) is 0 Å². The molecular weight excluding hydrogens is 411 g/mol. The van der Waals surface area contributed by atoms with E-state index in [0.717, 1.165) is 0 Å². The van der Waals surface area contributed by atoms with E-state index in [2.05, 4.69) is 4.31 Å². The van der Waals surface area contributed by atoms with Crippen LogP contribution in [0, 0.1) is 0 Å². The van der Waals surface area contributed by atoms with E-state index in [1.165, 1.54) is 0 Å². The van der Waals surface area contributed by atoms with Crippen molar-refractivity contribution in [1.82, 2.24) is 0 Å². The summed E-state index contributed by atoms with van der Waals surface area (Å²) in [6, 6.07) is 0. The van der Waals surface area contributed by atoms with Gasteiger partial charge in [0.05, 0.1) is 14.4 Å². The van der Waals surface area contributed by atoms with Crippen LogP contribution in [0.5, 0.6) is 0 Å². The molecule has 6 N–H and O–H groups in total. The Kier molecular flexibility index (Phi) is 27.8. The van der Waals surface area contributed by atoms with E-state index in [-0.39, 0.29) is 88.7 Å². The first-order chi connectivity index (χ1) is 9.25. The van der Waals surface area contributed by atoms with E-state index < -0.39 is 53.0 Å². The topological polar surface area (TPSA) is 251 Å². The summed E-state index contributed by atoms with van der Waals surface area (Å²) >= 11 is 0. The van der Waals surface area contributed by atoms with Crippen molar-refractivity contribution >= 4 is 21.4 Å². The van der Waals surface area contributed by atoms with Crippen molar-refractivity contribution in [3.8, 4) is 0 Å². The zero-order chi connectivity index (χ0) is 17.4. The van der Waals surface area contributed by atoms with Crippen LogP contribution in [0.15, 0.2) is 0 Å². The van der Waals surface area contributed by atoms with Crippen LogP contribution in [0.2, 0.25) is 0 Å². The molecule has 0 aliphatic heterocycles. The zero-order valence-corrected chi connectivity index (χ0v) is 20.9. The third kappa shape index (κ3) is 22.8. The Labute approximate surface area is 202 Å². The first kappa shape index (κ1) is 37.5. The van der Waals surface area contributed by atoms with E-state index in [1.54, 1.807) is 0 Å². The van der Waals surface area contributed by atoms with Gasteiger partial charge in [0.1, 0.15) is 24.9 Å². The van der Waals surface area contributed by atoms with Gasteiger partial charge in [-0.15, -0.1) is 0 Å². The van der Waals surface area contributed by atoms with Crippen LogP contribution < -0.4 is 103 Å². The Hall–Kier alpha value is 2.73. The molecule has 0 aliphatic carbocycles. The summed E-state index contributed by atoms with van der Waals surface area (Å²) in [6.45, 7) is -1.69. The molecule has 4 atom stereocenters. The van der Waals surface area contributed by atoms with Crippen LogP contribution in [0.4, 0.5) is 0 Å². The summed E-state index contributed by atoms with van der Waals surface area (Å²) in [5.74, 6) is -1.00. The molecule has 0 aromatic rings. The molecule has 0 radical (unpaired) electrons. The molecule has 13 nitrogen and oxygen atoms in total. The van der Waals surface area contributed by atoms with Crippen molar-refractivity contribution < 1.29 is 152 Å². The third-order valence-electron chi connectivity index (χ3n) is 1.59. The second-order valence-corrected chi connectivity index (χ2v) is 5.79. The number of phosphoric acid groups is 2. The molecule has 128 valence electrons. The number of carbonyl (C=O) groups is 1. The second kappa shape index (κ2) is 17.8. The monoisotopic (exact) mass is 424 g/mol. The van der Waals surface area contributed by atoms with Crippen molar-refractivity contribution in [2.24, 2.45) is 0 Å². The van der Waals surface area contributed by atoms with Crippen molar-refractivity contribution in [3.05, 3.63) is 0 Å². The number of rotatable bonds is 7. The minimum absolute atomic E-state index is 0. The molecule has 0 fully saturated rings. The van der Waals surface area contributed by atoms with Crippen molar-refractivity contribution in [2.75, 3.05) is 13.2 Å². The molecule has 0 aliphatic rings. The van der Waals surface area contributed by atoms with Gasteiger partial charge < -0.3 is 49.7 Å². The van der Waals surface area contributed by atoms with E-state index in [1.807, 2.05) is 0 Å². The summed E-state index contributed by atoms with van der Waals surface area (Å²) in [7, 11) is -11.0. The van der Waals surface area contributed by atoms with Gasteiger partial charge in [-0.2, -0.15) is 0 Å². The van der Waals surface area contributed by atoms with Crippen molar-refractivity contribution in [1.29, 1.82) is 0 Å². The second-order valence-electron chi connectivity index (χ2n) is 3.31. The standard InChI is InChI=1S/C6H12O6.3Na.H4O7P2/c7-1-3(9)5(11)6(12)4(10)2-8;;;;1-8(2,3)7-9(4,5)6/h3,5-9,11-12H,1-2H2;;;;(H2,1,2,3)(H2,4,5,6)/q;3*+1;/p-3. The summed E-state index contributed by atoms with van der Waals surface area (Å²) in [6.07, 6.45) is -5.22. The molecule has 0 rings (SSSR count). The van der Waals surface area contributed by atoms with E-state index in [9.17, 15) is 28.6 Å². The van der Waals surface area contributed by atoms with Gasteiger partial charge >= 0.3 is 88.7 Å². The number of ketones is 1. The normalized spacial score (nSPS) is 16.4. The van der Waals surface area contributed by atoms with Crippen molar-refractivity contribution in [2.45, 2.75) is 18.3 Å². The zero-order valence-electron chi connectivity index (χ0n) is 13.1. The minimum atomic E-state index is -5.61. The van der Waals surface area contributed by atoms with Gasteiger partial charge in [-0.25, -0.2) is 0 Å². The number of carbonyl (C=O) groups excluding carboxylic acids is 1. The Morgan fingerprint density at radius 1 is 1.00 bits per heavy atom. The fraction of sp³-hybridized carbons (Fsp3) is 0.833. The molecule has 18 heteroatoms. The van der Waals surface area contributed by atoms with Gasteiger partial charge in [0.15, 0.2) is 5.78 Å². The summed E-state index contributed by atoms with van der Waals surface area (Å²) in [5.41, 5.74) is 0. The molecule has 0 saturated carbocycles. The van der Waals surface area contributed by atoms with Gasteiger partial charge in [-0.05, 0) is 0 Å². The molecule has 24 heavy (non-hydrogen) atoms. The quantitative estimate of drug-likeness (QED) is 0.164. The van der Waals surface area contributed by atoms with Gasteiger partial charge in [-0.3, -0.25) is 13.7 Å². The fourth-order valence-corrected chi connectivity index (χ4v) is 1.74. The molecule has 0 spiro atoms. The fourth-order valence-electron chi connectivity index (χ4n) is 0.729. The summed E-state index contributed by atoms with van der Waals surface area (Å²) < 4.78 is 21.4. The average molecular weight is 424 g/mol. The summed E-state index contributed by atoms with van der Waals surface area (Å²) in [5, 5.41) is 43.1. The van der Waals surface area contributed by atoms with Gasteiger partial charge in [0.2, 0.25) is 0 Å². The minimum Gasteiger partial charge on any atom is -0.790 e. The van der Waals surface area contributed by atoms with E-state index in [0.29, 0.717) is 0 Å². The number of hydrogen-bond acceptors (Lipinski definition) is 12. The van der Waals surface area contributed by atoms with Crippen LogP contribution in [0.25, 0.3) is 0 Å². The molecular formula is C6H13Na3O13P2. The molecule has 0 aromatic heterocycles. The van der Waals surface area contributed by atoms with Crippen LogP contribution in [0.3, 0.4) is 0 Å². The predicted octanol–water partition coefficient (Wildman–Crippen LogP) is -15.1.